The second-order valence-electron chi connectivity index (χ2n) is 4.68. The molecule has 2 heterocycles. The molecule has 0 saturated carbocycles. The van der Waals surface area contributed by atoms with E-state index in [2.05, 4.69) is 15.6 Å². The zero-order chi connectivity index (χ0) is 14.3. The predicted octanol–water partition coefficient (Wildman–Crippen LogP) is 4.08. The number of aryl methyl sites for hydroxylation is 1. The molecule has 1 aliphatic heterocycles. The molecule has 3 nitrogen and oxygen atoms in total. The summed E-state index contributed by atoms with van der Waals surface area (Å²) >= 11 is 0. The molecule has 1 aromatic carbocycles. The third-order valence-corrected chi connectivity index (χ3v) is 3.25. The number of nitrogens with zero attached hydrogens (tertiary/aromatic N) is 1. The van der Waals surface area contributed by atoms with Crippen molar-refractivity contribution in [1.82, 2.24) is 4.98 Å². The minimum atomic E-state index is -4.44. The van der Waals surface area contributed by atoms with Crippen LogP contribution >= 0.6 is 0 Å². The topological polar surface area (TPSA) is 37.0 Å². The fourth-order valence-electron chi connectivity index (χ4n) is 2.21. The third-order valence-electron chi connectivity index (χ3n) is 3.25. The number of alkyl halides is 3. The predicted molar refractivity (Wildman–Crippen MR) is 71.0 cm³/mol. The summed E-state index contributed by atoms with van der Waals surface area (Å²) in [6.45, 7) is 2.38. The summed E-state index contributed by atoms with van der Waals surface area (Å²) in [6, 6.07) is 8.06. The van der Waals surface area contributed by atoms with Gasteiger partial charge in [-0.25, -0.2) is 4.98 Å². The molecule has 0 aliphatic carbocycles. The van der Waals surface area contributed by atoms with Crippen molar-refractivity contribution in [3.63, 3.8) is 0 Å². The number of hydrogen-bond donors (Lipinski definition) is 2. The lowest BCUT2D eigenvalue weighted by atomic mass is 10.1. The first kappa shape index (κ1) is 12.8. The van der Waals surface area contributed by atoms with Crippen molar-refractivity contribution in [3.8, 4) is 0 Å². The van der Waals surface area contributed by atoms with Crippen LogP contribution in [0.2, 0.25) is 0 Å². The number of benzene rings is 1. The van der Waals surface area contributed by atoms with Gasteiger partial charge in [-0.2, -0.15) is 13.2 Å². The van der Waals surface area contributed by atoms with Gasteiger partial charge in [-0.1, -0.05) is 18.2 Å². The van der Waals surface area contributed by atoms with Crippen LogP contribution in [0.4, 0.5) is 30.4 Å². The van der Waals surface area contributed by atoms with E-state index in [0.29, 0.717) is 12.1 Å². The van der Waals surface area contributed by atoms with E-state index in [1.54, 1.807) is 0 Å². The Morgan fingerprint density at radius 3 is 2.70 bits per heavy atom. The van der Waals surface area contributed by atoms with E-state index >= 15 is 0 Å². The number of hydrogen-bond acceptors (Lipinski definition) is 3. The van der Waals surface area contributed by atoms with E-state index in [1.807, 2.05) is 25.1 Å². The van der Waals surface area contributed by atoms with Crippen LogP contribution in [0.3, 0.4) is 0 Å². The van der Waals surface area contributed by atoms with Crippen LogP contribution in [0, 0.1) is 6.92 Å². The normalized spacial score (nSPS) is 13.6. The lowest BCUT2D eigenvalue weighted by molar-refractivity contribution is -0.141. The molecule has 6 heteroatoms. The van der Waals surface area contributed by atoms with Crippen molar-refractivity contribution < 1.29 is 13.2 Å². The Kier molecular flexibility index (Phi) is 2.81. The van der Waals surface area contributed by atoms with Crippen LogP contribution in [0.25, 0.3) is 0 Å². The third kappa shape index (κ3) is 2.17. The van der Waals surface area contributed by atoms with E-state index in [-0.39, 0.29) is 5.82 Å². The molecule has 20 heavy (non-hydrogen) atoms. The van der Waals surface area contributed by atoms with Gasteiger partial charge >= 0.3 is 6.18 Å². The molecule has 104 valence electrons. The second kappa shape index (κ2) is 4.40. The van der Waals surface area contributed by atoms with Gasteiger partial charge < -0.3 is 10.6 Å². The highest BCUT2D eigenvalue weighted by molar-refractivity contribution is 5.78. The quantitative estimate of drug-likeness (QED) is 0.763. The summed E-state index contributed by atoms with van der Waals surface area (Å²) in [6.07, 6.45) is -4.44. The molecule has 0 bridgehead atoms. The Labute approximate surface area is 113 Å². The fourth-order valence-corrected chi connectivity index (χ4v) is 2.21. The molecule has 0 amide bonds. The van der Waals surface area contributed by atoms with Crippen LogP contribution in [-0.4, -0.2) is 4.98 Å². The van der Waals surface area contributed by atoms with Crippen molar-refractivity contribution in [2.24, 2.45) is 0 Å². The number of pyridine rings is 1. The smallest absolute Gasteiger partial charge is 0.379 e. The lowest BCUT2D eigenvalue weighted by Crippen LogP contribution is -2.10. The Bertz CT molecular complexity index is 665. The van der Waals surface area contributed by atoms with Gasteiger partial charge in [-0.15, -0.1) is 0 Å². The van der Waals surface area contributed by atoms with E-state index in [4.69, 9.17) is 0 Å². The largest absolute Gasteiger partial charge is 0.433 e. The van der Waals surface area contributed by atoms with E-state index in [9.17, 15) is 13.2 Å². The molecule has 0 radical (unpaired) electrons. The number of fused-ring (bicyclic) bond motifs is 2. The zero-order valence-corrected chi connectivity index (χ0v) is 10.7. The van der Waals surface area contributed by atoms with Gasteiger partial charge in [0, 0.05) is 12.1 Å². The molecule has 0 fully saturated rings. The molecule has 1 aliphatic rings. The molecule has 0 atom stereocenters. The summed E-state index contributed by atoms with van der Waals surface area (Å²) in [5, 5.41) is 6.21. The van der Waals surface area contributed by atoms with Crippen molar-refractivity contribution in [2.45, 2.75) is 19.6 Å². The summed E-state index contributed by atoms with van der Waals surface area (Å²) in [5.41, 5.74) is 2.46. The van der Waals surface area contributed by atoms with Crippen molar-refractivity contribution in [2.75, 3.05) is 10.6 Å². The van der Waals surface area contributed by atoms with Crippen molar-refractivity contribution in [1.29, 1.82) is 0 Å². The Morgan fingerprint density at radius 1 is 1.15 bits per heavy atom. The standard InChI is InChI=1S/C14H12F3N3/c1-8-3-2-4-10-12(8)18-7-9-5-6-11(14(15,16)17)20-13(9)19-10/h2-6,18H,7H2,1H3,(H,19,20). The summed E-state index contributed by atoms with van der Waals surface area (Å²) in [4.78, 5) is 3.70. The highest BCUT2D eigenvalue weighted by Crippen LogP contribution is 2.35. The lowest BCUT2D eigenvalue weighted by Gasteiger charge is -2.12. The molecule has 1 aromatic heterocycles. The van der Waals surface area contributed by atoms with Gasteiger partial charge in [0.2, 0.25) is 0 Å². The van der Waals surface area contributed by atoms with Crippen LogP contribution < -0.4 is 10.6 Å². The first-order valence-electron chi connectivity index (χ1n) is 6.13. The molecule has 0 unspecified atom stereocenters. The second-order valence-corrected chi connectivity index (χ2v) is 4.68. The van der Waals surface area contributed by atoms with Crippen molar-refractivity contribution in [3.05, 3.63) is 47.2 Å². The fraction of sp³-hybridized carbons (Fsp3) is 0.214. The summed E-state index contributed by atoms with van der Waals surface area (Å²) in [7, 11) is 0. The monoisotopic (exact) mass is 279 g/mol. The van der Waals surface area contributed by atoms with Gasteiger partial charge in [0.15, 0.2) is 0 Å². The molecule has 3 rings (SSSR count). The maximum atomic E-state index is 12.7. The van der Waals surface area contributed by atoms with Gasteiger partial charge in [-0.3, -0.25) is 0 Å². The number of aromatic nitrogens is 1. The first-order valence-corrected chi connectivity index (χ1v) is 6.13. The maximum Gasteiger partial charge on any atom is 0.433 e. The maximum absolute atomic E-state index is 12.7. The number of anilines is 3. The highest BCUT2D eigenvalue weighted by atomic mass is 19.4. The van der Waals surface area contributed by atoms with Gasteiger partial charge in [0.1, 0.15) is 11.5 Å². The first-order chi connectivity index (χ1) is 9.45. The molecule has 2 aromatic rings. The average Bonchev–Trinajstić information content (AvgIpc) is 2.56. The van der Waals surface area contributed by atoms with Crippen molar-refractivity contribution >= 4 is 17.2 Å². The Morgan fingerprint density at radius 2 is 1.95 bits per heavy atom. The highest BCUT2D eigenvalue weighted by Gasteiger charge is 2.33. The van der Waals surface area contributed by atoms with E-state index < -0.39 is 11.9 Å². The van der Waals surface area contributed by atoms with Crippen LogP contribution in [0.1, 0.15) is 16.8 Å². The Balaban J connectivity index is 2.07. The van der Waals surface area contributed by atoms with Gasteiger partial charge in [0.25, 0.3) is 0 Å². The van der Waals surface area contributed by atoms with Gasteiger partial charge in [-0.05, 0) is 24.6 Å². The summed E-state index contributed by atoms with van der Waals surface area (Å²) in [5.74, 6) is 0.247. The zero-order valence-electron chi connectivity index (χ0n) is 10.7. The summed E-state index contributed by atoms with van der Waals surface area (Å²) < 4.78 is 38.1. The number of para-hydroxylation sites is 1. The molecule has 0 spiro atoms. The van der Waals surface area contributed by atoms with E-state index in [0.717, 1.165) is 23.0 Å². The van der Waals surface area contributed by atoms with Gasteiger partial charge in [0.05, 0.1) is 11.4 Å². The van der Waals surface area contributed by atoms with Crippen LogP contribution in [0.15, 0.2) is 30.3 Å². The molecule has 2 N–H and O–H groups in total. The number of nitrogens with one attached hydrogen (secondary N) is 2. The molecule has 0 saturated heterocycles. The molecular formula is C14H12F3N3. The minimum Gasteiger partial charge on any atom is -0.379 e. The SMILES string of the molecule is Cc1cccc2c1NCc1ccc(C(F)(F)F)nc1N2. The minimum absolute atomic E-state index is 0.247. The number of halogens is 3. The number of rotatable bonds is 0. The average molecular weight is 279 g/mol. The Hall–Kier alpha value is -2.24. The van der Waals surface area contributed by atoms with Crippen LogP contribution in [0.5, 0.6) is 0 Å². The van der Waals surface area contributed by atoms with E-state index in [1.165, 1.54) is 6.07 Å². The molecular weight excluding hydrogens is 267 g/mol. The van der Waals surface area contributed by atoms with Crippen LogP contribution in [-0.2, 0) is 12.7 Å².